The van der Waals surface area contributed by atoms with Gasteiger partial charge in [-0.05, 0) is 12.8 Å². The molecule has 0 atom stereocenters. The van der Waals surface area contributed by atoms with Gasteiger partial charge in [-0.15, -0.1) is 0 Å². The molecule has 1 aliphatic heterocycles. The summed E-state index contributed by atoms with van der Waals surface area (Å²) in [6.07, 6.45) is 4.91. The molecule has 1 aliphatic rings. The first-order valence-corrected chi connectivity index (χ1v) is 5.71. The highest BCUT2D eigenvalue weighted by atomic mass is 16.2. The van der Waals surface area contributed by atoms with Crippen molar-refractivity contribution >= 4 is 5.91 Å². The highest BCUT2D eigenvalue weighted by molar-refractivity contribution is 5.78. The van der Waals surface area contributed by atoms with E-state index in [-0.39, 0.29) is 5.91 Å². The maximum Gasteiger partial charge on any atom is 0.236 e. The molecule has 0 aromatic rings. The smallest absolute Gasteiger partial charge is 0.236 e. The molecule has 0 aromatic carbocycles. The zero-order valence-electron chi connectivity index (χ0n) is 9.38. The Morgan fingerprint density at radius 2 is 1.79 bits per heavy atom. The minimum Gasteiger partial charge on any atom is -0.342 e. The largest absolute Gasteiger partial charge is 0.342 e. The minimum atomic E-state index is 0.264. The van der Waals surface area contributed by atoms with Crippen molar-refractivity contribution in [3.63, 3.8) is 0 Å². The summed E-state index contributed by atoms with van der Waals surface area (Å²) >= 11 is 0. The molecular weight excluding hydrogens is 176 g/mol. The average Bonchev–Trinajstić information content (AvgIpc) is 2.42. The normalized spacial score (nSPS) is 18.4. The van der Waals surface area contributed by atoms with Crippen LogP contribution in [0.1, 0.15) is 39.5 Å². The predicted octanol–water partition coefficient (Wildman–Crippen LogP) is 1.39. The molecule has 82 valence electrons. The van der Waals surface area contributed by atoms with Gasteiger partial charge < -0.3 is 10.2 Å². The van der Waals surface area contributed by atoms with Gasteiger partial charge in [-0.25, -0.2) is 0 Å². The molecule has 3 nitrogen and oxygen atoms in total. The lowest BCUT2D eigenvalue weighted by atomic mass is 10.2. The van der Waals surface area contributed by atoms with Crippen LogP contribution in [0.5, 0.6) is 0 Å². The van der Waals surface area contributed by atoms with E-state index in [0.717, 1.165) is 13.1 Å². The van der Waals surface area contributed by atoms with Gasteiger partial charge in [0.25, 0.3) is 0 Å². The molecule has 1 N–H and O–H groups in total. The maximum absolute atomic E-state index is 11.7. The Morgan fingerprint density at radius 1 is 1.21 bits per heavy atom. The molecule has 0 spiro atoms. The fraction of sp³-hybridized carbons (Fsp3) is 0.909. The second kappa shape index (κ2) is 6.02. The predicted molar refractivity (Wildman–Crippen MR) is 58.2 cm³/mol. The minimum absolute atomic E-state index is 0.264. The molecule has 1 rings (SSSR count). The summed E-state index contributed by atoms with van der Waals surface area (Å²) in [5.41, 5.74) is 0. The first-order valence-electron chi connectivity index (χ1n) is 5.71. The number of carbonyl (C=O) groups is 1. The summed E-state index contributed by atoms with van der Waals surface area (Å²) in [6.45, 7) is 6.54. The first kappa shape index (κ1) is 11.5. The zero-order valence-corrected chi connectivity index (χ0v) is 9.38. The maximum atomic E-state index is 11.7. The second-order valence-electron chi connectivity index (χ2n) is 4.33. The third-order valence-electron chi connectivity index (χ3n) is 2.62. The van der Waals surface area contributed by atoms with Crippen LogP contribution in [0.2, 0.25) is 0 Å². The van der Waals surface area contributed by atoms with Gasteiger partial charge in [0, 0.05) is 19.1 Å². The van der Waals surface area contributed by atoms with Crippen LogP contribution in [0, 0.1) is 0 Å². The highest BCUT2D eigenvalue weighted by Crippen LogP contribution is 2.09. The lowest BCUT2D eigenvalue weighted by Gasteiger charge is -2.21. The number of amides is 1. The van der Waals surface area contributed by atoms with Gasteiger partial charge in [-0.1, -0.05) is 26.7 Å². The van der Waals surface area contributed by atoms with Crippen LogP contribution in [-0.2, 0) is 4.79 Å². The van der Waals surface area contributed by atoms with E-state index in [1.54, 1.807) is 0 Å². The van der Waals surface area contributed by atoms with E-state index in [1.807, 2.05) is 4.90 Å². The van der Waals surface area contributed by atoms with Gasteiger partial charge in [0.15, 0.2) is 0 Å². The second-order valence-corrected chi connectivity index (χ2v) is 4.33. The Bertz CT molecular complexity index is 172. The lowest BCUT2D eigenvalue weighted by molar-refractivity contribution is -0.130. The highest BCUT2D eigenvalue weighted by Gasteiger charge is 2.14. The summed E-state index contributed by atoms with van der Waals surface area (Å²) in [5, 5.41) is 3.17. The third kappa shape index (κ3) is 4.09. The molecule has 1 saturated heterocycles. The summed E-state index contributed by atoms with van der Waals surface area (Å²) < 4.78 is 0. The van der Waals surface area contributed by atoms with Gasteiger partial charge in [0.1, 0.15) is 0 Å². The number of likely N-dealkylation sites (tertiary alicyclic amines) is 1. The van der Waals surface area contributed by atoms with E-state index in [4.69, 9.17) is 0 Å². The standard InChI is InChI=1S/C11H22N2O/c1-10(2)12-9-11(14)13-7-5-3-4-6-8-13/h10,12H,3-9H2,1-2H3. The molecule has 0 bridgehead atoms. The molecule has 1 amide bonds. The van der Waals surface area contributed by atoms with Crippen LogP contribution in [-0.4, -0.2) is 36.5 Å². The number of hydrogen-bond donors (Lipinski definition) is 1. The van der Waals surface area contributed by atoms with Crippen molar-refractivity contribution in [3.05, 3.63) is 0 Å². The summed E-state index contributed by atoms with van der Waals surface area (Å²) in [6, 6.07) is 0.394. The molecule has 14 heavy (non-hydrogen) atoms. The van der Waals surface area contributed by atoms with E-state index >= 15 is 0 Å². The fourth-order valence-electron chi connectivity index (χ4n) is 1.72. The van der Waals surface area contributed by atoms with Crippen molar-refractivity contribution in [1.29, 1.82) is 0 Å². The first-order chi connectivity index (χ1) is 6.70. The summed E-state index contributed by atoms with van der Waals surface area (Å²) in [7, 11) is 0. The van der Waals surface area contributed by atoms with Gasteiger partial charge in [-0.3, -0.25) is 4.79 Å². The number of nitrogens with one attached hydrogen (secondary N) is 1. The van der Waals surface area contributed by atoms with Crippen LogP contribution >= 0.6 is 0 Å². The molecule has 0 radical (unpaired) electrons. The van der Waals surface area contributed by atoms with Crippen molar-refractivity contribution in [2.45, 2.75) is 45.6 Å². The van der Waals surface area contributed by atoms with Crippen molar-refractivity contribution in [2.75, 3.05) is 19.6 Å². The average molecular weight is 198 g/mol. The Balaban J connectivity index is 2.27. The van der Waals surface area contributed by atoms with Crippen molar-refractivity contribution < 1.29 is 4.79 Å². The molecule has 1 fully saturated rings. The van der Waals surface area contributed by atoms with Crippen molar-refractivity contribution in [1.82, 2.24) is 10.2 Å². The van der Waals surface area contributed by atoms with E-state index < -0.39 is 0 Å². The quantitative estimate of drug-likeness (QED) is 0.743. The van der Waals surface area contributed by atoms with Crippen LogP contribution < -0.4 is 5.32 Å². The van der Waals surface area contributed by atoms with E-state index in [9.17, 15) is 4.79 Å². The molecule has 0 aliphatic carbocycles. The molecule has 1 heterocycles. The number of carbonyl (C=O) groups excluding carboxylic acids is 1. The SMILES string of the molecule is CC(C)NCC(=O)N1CCCCCC1. The Kier molecular flexibility index (Phi) is 4.94. The van der Waals surface area contributed by atoms with Gasteiger partial charge >= 0.3 is 0 Å². The monoisotopic (exact) mass is 198 g/mol. The van der Waals surface area contributed by atoms with Gasteiger partial charge in [-0.2, -0.15) is 0 Å². The van der Waals surface area contributed by atoms with E-state index in [0.29, 0.717) is 12.6 Å². The topological polar surface area (TPSA) is 32.3 Å². The van der Waals surface area contributed by atoms with Crippen molar-refractivity contribution in [3.8, 4) is 0 Å². The Labute approximate surface area is 86.9 Å². The number of rotatable bonds is 3. The Morgan fingerprint density at radius 3 is 2.29 bits per heavy atom. The lowest BCUT2D eigenvalue weighted by Crippen LogP contribution is -2.40. The zero-order chi connectivity index (χ0) is 10.4. The molecule has 3 heteroatoms. The van der Waals surface area contributed by atoms with Crippen LogP contribution in [0.4, 0.5) is 0 Å². The van der Waals surface area contributed by atoms with E-state index in [2.05, 4.69) is 19.2 Å². The summed E-state index contributed by atoms with van der Waals surface area (Å²) in [4.78, 5) is 13.7. The van der Waals surface area contributed by atoms with Crippen LogP contribution in [0.15, 0.2) is 0 Å². The van der Waals surface area contributed by atoms with Gasteiger partial charge in [0.2, 0.25) is 5.91 Å². The summed E-state index contributed by atoms with van der Waals surface area (Å²) in [5.74, 6) is 0.264. The van der Waals surface area contributed by atoms with Gasteiger partial charge in [0.05, 0.1) is 6.54 Å². The molecular formula is C11H22N2O. The Hall–Kier alpha value is -0.570. The molecule has 0 saturated carbocycles. The third-order valence-corrected chi connectivity index (χ3v) is 2.62. The number of hydrogen-bond acceptors (Lipinski definition) is 2. The van der Waals surface area contributed by atoms with E-state index in [1.165, 1.54) is 25.7 Å². The van der Waals surface area contributed by atoms with Crippen LogP contribution in [0.25, 0.3) is 0 Å². The fourth-order valence-corrected chi connectivity index (χ4v) is 1.72. The van der Waals surface area contributed by atoms with Crippen LogP contribution in [0.3, 0.4) is 0 Å². The molecule has 0 aromatic heterocycles. The van der Waals surface area contributed by atoms with Crippen molar-refractivity contribution in [2.24, 2.45) is 0 Å². The molecule has 0 unspecified atom stereocenters. The number of nitrogens with zero attached hydrogens (tertiary/aromatic N) is 1.